The first-order valence-corrected chi connectivity index (χ1v) is 8.56. The zero-order valence-electron chi connectivity index (χ0n) is 15.0. The molecule has 1 rings (SSSR count). The van der Waals surface area contributed by atoms with E-state index in [1.807, 2.05) is 0 Å². The van der Waals surface area contributed by atoms with Gasteiger partial charge in [-0.2, -0.15) is 0 Å². The topological polar surface area (TPSA) is 113 Å². The van der Waals surface area contributed by atoms with Gasteiger partial charge in [-0.15, -0.1) is 0 Å². The van der Waals surface area contributed by atoms with Crippen molar-refractivity contribution < 1.29 is 82.9 Å². The smallest absolute Gasteiger partial charge is 0.726 e. The average molecular weight is 397 g/mol. The molecule has 8 nitrogen and oxygen atoms in total. The molecular formula is C15H20KNO7S. The van der Waals surface area contributed by atoms with E-state index in [-0.39, 0.29) is 76.7 Å². The minimum absolute atomic E-state index is 0. The minimum Gasteiger partial charge on any atom is -0.726 e. The van der Waals surface area contributed by atoms with Gasteiger partial charge in [0.2, 0.25) is 10.4 Å². The van der Waals surface area contributed by atoms with E-state index in [0.717, 1.165) is 0 Å². The maximum absolute atomic E-state index is 12.0. The summed E-state index contributed by atoms with van der Waals surface area (Å²) >= 11 is 0. The first-order chi connectivity index (χ1) is 11.1. The first kappa shape index (κ1) is 24.7. The molecule has 0 fully saturated rings. The Balaban J connectivity index is 0.00000576. The maximum Gasteiger partial charge on any atom is 1.00 e. The van der Waals surface area contributed by atoms with Crippen molar-refractivity contribution in [1.82, 2.24) is 4.90 Å². The summed E-state index contributed by atoms with van der Waals surface area (Å²) in [6, 6.07) is 0. The number of allylic oxidation sites excluding steroid dienone is 5. The maximum atomic E-state index is 12.0. The number of ether oxygens (including phenoxy) is 1. The van der Waals surface area contributed by atoms with Gasteiger partial charge < -0.3 is 14.2 Å². The summed E-state index contributed by atoms with van der Waals surface area (Å²) in [6.07, 6.45) is 3.23. The van der Waals surface area contributed by atoms with Gasteiger partial charge in [-0.05, 0) is 45.4 Å². The van der Waals surface area contributed by atoms with Gasteiger partial charge in [0.15, 0.2) is 5.78 Å². The molecule has 0 amide bonds. The van der Waals surface area contributed by atoms with Gasteiger partial charge in [0.25, 0.3) is 0 Å². The van der Waals surface area contributed by atoms with E-state index in [9.17, 15) is 22.6 Å². The summed E-state index contributed by atoms with van der Waals surface area (Å²) in [5.41, 5.74) is 1.71. The van der Waals surface area contributed by atoms with Crippen LogP contribution in [0, 0.1) is 0 Å². The molecule has 0 aromatic carbocycles. The Labute approximate surface area is 190 Å². The summed E-state index contributed by atoms with van der Waals surface area (Å²) in [7, 11) is -4.74. The van der Waals surface area contributed by atoms with Crippen molar-refractivity contribution >= 4 is 22.2 Å². The van der Waals surface area contributed by atoms with Crippen LogP contribution in [-0.2, 0) is 28.9 Å². The van der Waals surface area contributed by atoms with Gasteiger partial charge in [0.05, 0.1) is 13.2 Å². The van der Waals surface area contributed by atoms with Gasteiger partial charge in [0.1, 0.15) is 5.57 Å². The van der Waals surface area contributed by atoms with Crippen LogP contribution in [0.1, 0.15) is 27.7 Å². The van der Waals surface area contributed by atoms with Crippen LogP contribution in [0.15, 0.2) is 34.7 Å². The summed E-state index contributed by atoms with van der Waals surface area (Å²) < 4.78 is 40.5. The third-order valence-electron chi connectivity index (χ3n) is 3.24. The van der Waals surface area contributed by atoms with Crippen LogP contribution in [0.5, 0.6) is 0 Å². The van der Waals surface area contributed by atoms with Crippen molar-refractivity contribution in [2.75, 3.05) is 19.8 Å². The number of carbonyl (C=O) groups excluding carboxylic acids is 2. The van der Waals surface area contributed by atoms with E-state index in [0.29, 0.717) is 17.0 Å². The molecule has 1 heterocycles. The van der Waals surface area contributed by atoms with Crippen molar-refractivity contribution in [2.45, 2.75) is 27.7 Å². The van der Waals surface area contributed by atoms with Crippen LogP contribution in [0.4, 0.5) is 0 Å². The van der Waals surface area contributed by atoms with Gasteiger partial charge in [-0.3, -0.25) is 8.98 Å². The van der Waals surface area contributed by atoms with Crippen molar-refractivity contribution in [3.05, 3.63) is 34.7 Å². The standard InChI is InChI=1S/C15H21NO7S.K/c1-5-22-15(18)14(12(4)17)13-8-10(2)16(11(3)9-13)6-7-23-24(19,20)21;/h8-9H,5-7H2,1-4H3,(H,19,20,21);/q;+1/p-1. The second-order valence-electron chi connectivity index (χ2n) is 5.06. The molecule has 0 saturated heterocycles. The van der Waals surface area contributed by atoms with E-state index < -0.39 is 22.2 Å². The number of esters is 1. The molecule has 1 aliphatic rings. The van der Waals surface area contributed by atoms with Gasteiger partial charge >= 0.3 is 57.4 Å². The fourth-order valence-corrected chi connectivity index (χ4v) is 2.60. The number of Topliss-reactive ketones (excluding diaryl/α,β-unsaturated/α-hetero) is 1. The van der Waals surface area contributed by atoms with Gasteiger partial charge in [0, 0.05) is 17.9 Å². The molecule has 0 aliphatic carbocycles. The third-order valence-corrected chi connectivity index (χ3v) is 3.70. The first-order valence-electron chi connectivity index (χ1n) is 7.23. The molecule has 0 spiro atoms. The second-order valence-corrected chi connectivity index (χ2v) is 6.11. The van der Waals surface area contributed by atoms with E-state index in [1.165, 1.54) is 6.92 Å². The van der Waals surface area contributed by atoms with Crippen molar-refractivity contribution in [2.24, 2.45) is 0 Å². The Morgan fingerprint density at radius 1 is 1.20 bits per heavy atom. The monoisotopic (exact) mass is 397 g/mol. The fraction of sp³-hybridized carbons (Fsp3) is 0.467. The molecule has 0 aromatic heterocycles. The summed E-state index contributed by atoms with van der Waals surface area (Å²) in [5, 5.41) is 0. The van der Waals surface area contributed by atoms with Gasteiger partial charge in [-0.25, -0.2) is 13.2 Å². The Morgan fingerprint density at radius 3 is 2.12 bits per heavy atom. The molecule has 0 N–H and O–H groups in total. The number of carbonyl (C=O) groups is 2. The van der Waals surface area contributed by atoms with E-state index in [2.05, 4.69) is 4.18 Å². The van der Waals surface area contributed by atoms with Crippen molar-refractivity contribution in [3.8, 4) is 0 Å². The molecule has 0 saturated carbocycles. The normalized spacial score (nSPS) is 14.3. The predicted octanol–water partition coefficient (Wildman–Crippen LogP) is -1.96. The molecule has 1 aliphatic heterocycles. The van der Waals surface area contributed by atoms with Crippen LogP contribution in [0.25, 0.3) is 0 Å². The van der Waals surface area contributed by atoms with Crippen LogP contribution in [0.3, 0.4) is 0 Å². The predicted molar refractivity (Wildman–Crippen MR) is 84.2 cm³/mol. The molecule has 0 aromatic rings. The molecule has 10 heteroatoms. The van der Waals surface area contributed by atoms with Crippen molar-refractivity contribution in [1.29, 1.82) is 0 Å². The Hall–Kier alpha value is -0.334. The summed E-state index contributed by atoms with van der Waals surface area (Å²) in [6.45, 7) is 6.37. The summed E-state index contributed by atoms with van der Waals surface area (Å²) in [5.74, 6) is -1.10. The molecule has 0 bridgehead atoms. The molecule has 0 unspecified atom stereocenters. The largest absolute Gasteiger partial charge is 1.00 e. The fourth-order valence-electron chi connectivity index (χ4n) is 2.32. The number of hydrogen-bond donors (Lipinski definition) is 0. The van der Waals surface area contributed by atoms with Crippen LogP contribution in [0.2, 0.25) is 0 Å². The van der Waals surface area contributed by atoms with Crippen LogP contribution >= 0.6 is 0 Å². The van der Waals surface area contributed by atoms with E-state index in [4.69, 9.17) is 4.74 Å². The summed E-state index contributed by atoms with van der Waals surface area (Å²) in [4.78, 5) is 25.5. The van der Waals surface area contributed by atoms with Crippen LogP contribution < -0.4 is 51.4 Å². The number of nitrogens with zero attached hydrogens (tertiary/aromatic N) is 1. The third kappa shape index (κ3) is 7.83. The van der Waals surface area contributed by atoms with Crippen molar-refractivity contribution in [3.63, 3.8) is 0 Å². The van der Waals surface area contributed by atoms with E-state index >= 15 is 0 Å². The van der Waals surface area contributed by atoms with Gasteiger partial charge in [-0.1, -0.05) is 0 Å². The molecule has 0 radical (unpaired) electrons. The molecule has 25 heavy (non-hydrogen) atoms. The molecule has 0 atom stereocenters. The number of hydrogen-bond acceptors (Lipinski definition) is 8. The zero-order valence-corrected chi connectivity index (χ0v) is 18.9. The second kappa shape index (κ2) is 10.7. The van der Waals surface area contributed by atoms with Crippen LogP contribution in [-0.4, -0.2) is 49.4 Å². The Kier molecular flexibility index (Phi) is 10.6. The molecule has 134 valence electrons. The zero-order chi connectivity index (χ0) is 18.5. The van der Waals surface area contributed by atoms with E-state index in [1.54, 1.807) is 37.8 Å². The molecular weight excluding hydrogens is 377 g/mol. The Bertz CT molecular complexity index is 700. The Morgan fingerprint density at radius 2 is 1.72 bits per heavy atom. The quantitative estimate of drug-likeness (QED) is 0.0926. The SMILES string of the molecule is CCOC(=O)C(C(C)=O)=C1C=C(C)N(CCOS(=O)(=O)[O-])C(C)=C1.[K+]. The average Bonchev–Trinajstić information content (AvgIpc) is 2.40. The minimum atomic E-state index is -4.74. The number of rotatable bonds is 7. The number of ketones is 1.